The Morgan fingerprint density at radius 3 is 2.53 bits per heavy atom. The number of carbonyl (C=O) groups is 1. The molecular weight excluding hydrogens is 270 g/mol. The molecule has 0 aliphatic heterocycles. The number of nitro groups is 1. The van der Waals surface area contributed by atoms with Crippen molar-refractivity contribution in [1.29, 1.82) is 0 Å². The van der Waals surface area contributed by atoms with Gasteiger partial charge in [-0.05, 0) is 31.3 Å². The predicted octanol–water partition coefficient (Wildman–Crippen LogP) is 0.580. The van der Waals surface area contributed by atoms with Gasteiger partial charge in [0.15, 0.2) is 5.11 Å². The van der Waals surface area contributed by atoms with Gasteiger partial charge in [0.05, 0.1) is 11.0 Å². The molecule has 1 atom stereocenters. The Hall–Kier alpha value is -2.06. The minimum atomic E-state index is -0.589. The number of hydrogen-bond donors (Lipinski definition) is 3. The Morgan fingerprint density at radius 1 is 1.47 bits per heavy atom. The number of carbonyl (C=O) groups excluding carboxylic acids is 1. The molecule has 1 aromatic carbocycles. The predicted molar refractivity (Wildman–Crippen MR) is 72.8 cm³/mol. The quantitative estimate of drug-likeness (QED) is 0.424. The van der Waals surface area contributed by atoms with Crippen molar-refractivity contribution in [2.24, 2.45) is 0 Å². The van der Waals surface area contributed by atoms with E-state index in [1.54, 1.807) is 6.92 Å². The van der Waals surface area contributed by atoms with Crippen LogP contribution in [0.25, 0.3) is 0 Å². The molecule has 0 heterocycles. The number of nitro benzene ring substituents is 1. The number of thiocarbonyl (C=S) groups is 1. The zero-order valence-electron chi connectivity index (χ0n) is 10.1. The highest BCUT2D eigenvalue weighted by Crippen LogP contribution is 2.11. The summed E-state index contributed by atoms with van der Waals surface area (Å²) in [6, 6.07) is 5.15. The fourth-order valence-corrected chi connectivity index (χ4v) is 1.37. The molecule has 0 radical (unpaired) electrons. The van der Waals surface area contributed by atoms with Gasteiger partial charge in [-0.25, -0.2) is 0 Å². The number of non-ortho nitro benzene ring substituents is 1. The lowest BCUT2D eigenvalue weighted by atomic mass is 10.2. The first-order valence-electron chi connectivity index (χ1n) is 5.42. The van der Waals surface area contributed by atoms with Crippen LogP contribution in [0.1, 0.15) is 17.3 Å². The van der Waals surface area contributed by atoms with Crippen molar-refractivity contribution >= 4 is 28.9 Å². The number of benzene rings is 1. The van der Waals surface area contributed by atoms with Crippen molar-refractivity contribution in [2.75, 3.05) is 6.54 Å². The maximum atomic E-state index is 11.7. The Morgan fingerprint density at radius 2 is 2.05 bits per heavy atom. The lowest BCUT2D eigenvalue weighted by Gasteiger charge is -2.10. The Bertz CT molecular complexity index is 487. The zero-order valence-corrected chi connectivity index (χ0v) is 10.9. The average molecular weight is 283 g/mol. The first kappa shape index (κ1) is 15.0. The van der Waals surface area contributed by atoms with Gasteiger partial charge in [-0.15, -0.1) is 0 Å². The van der Waals surface area contributed by atoms with E-state index in [1.807, 2.05) is 0 Å². The van der Waals surface area contributed by atoms with Crippen LogP contribution in [0.3, 0.4) is 0 Å². The van der Waals surface area contributed by atoms with E-state index in [4.69, 9.17) is 17.3 Å². The largest absolute Gasteiger partial charge is 0.392 e. The summed E-state index contributed by atoms with van der Waals surface area (Å²) in [4.78, 5) is 21.6. The third-order valence-electron chi connectivity index (χ3n) is 2.13. The second-order valence-electron chi connectivity index (χ2n) is 3.82. The summed E-state index contributed by atoms with van der Waals surface area (Å²) in [5.41, 5.74) is 0.165. The van der Waals surface area contributed by atoms with Crippen molar-refractivity contribution < 1.29 is 14.8 Å². The summed E-state index contributed by atoms with van der Waals surface area (Å²) < 4.78 is 0. The van der Waals surface area contributed by atoms with Crippen molar-refractivity contribution in [2.45, 2.75) is 13.0 Å². The first-order valence-corrected chi connectivity index (χ1v) is 5.82. The van der Waals surface area contributed by atoms with E-state index < -0.39 is 16.9 Å². The molecule has 0 aliphatic carbocycles. The Kier molecular flexibility index (Phi) is 5.34. The molecule has 0 aromatic heterocycles. The lowest BCUT2D eigenvalue weighted by molar-refractivity contribution is -0.384. The van der Waals surface area contributed by atoms with Gasteiger partial charge in [-0.1, -0.05) is 0 Å². The first-order chi connectivity index (χ1) is 8.90. The number of hydrogen-bond acceptors (Lipinski definition) is 5. The summed E-state index contributed by atoms with van der Waals surface area (Å²) in [5.74, 6) is -0.474. The normalized spacial score (nSPS) is 11.5. The highest BCUT2D eigenvalue weighted by Gasteiger charge is 2.10. The third kappa shape index (κ3) is 4.98. The summed E-state index contributed by atoms with van der Waals surface area (Å²) in [7, 11) is 0. The van der Waals surface area contributed by atoms with Gasteiger partial charge in [0.25, 0.3) is 11.6 Å². The van der Waals surface area contributed by atoms with E-state index in [9.17, 15) is 14.9 Å². The monoisotopic (exact) mass is 283 g/mol. The number of amides is 1. The van der Waals surface area contributed by atoms with Crippen LogP contribution in [0, 0.1) is 10.1 Å². The Labute approximate surface area is 114 Å². The molecule has 102 valence electrons. The zero-order chi connectivity index (χ0) is 14.4. The van der Waals surface area contributed by atoms with Gasteiger partial charge in [0.1, 0.15) is 0 Å². The maximum absolute atomic E-state index is 11.7. The molecule has 0 fully saturated rings. The van der Waals surface area contributed by atoms with Gasteiger partial charge >= 0.3 is 0 Å². The fourth-order valence-electron chi connectivity index (χ4n) is 1.19. The van der Waals surface area contributed by atoms with Gasteiger partial charge in [0, 0.05) is 24.2 Å². The molecule has 1 rings (SSSR count). The smallest absolute Gasteiger partial charge is 0.269 e. The summed E-state index contributed by atoms with van der Waals surface area (Å²) in [6.07, 6.45) is -0.589. The molecule has 3 N–H and O–H groups in total. The van der Waals surface area contributed by atoms with Gasteiger partial charge in [0.2, 0.25) is 0 Å². The standard InChI is InChI=1S/C11H13N3O4S/c1-7(15)6-12-11(19)13-10(16)8-2-4-9(5-3-8)14(17)18/h2-5,7,15H,6H2,1H3,(H2,12,13,16,19). The molecule has 1 aromatic rings. The molecule has 0 saturated heterocycles. The molecular formula is C11H13N3O4S. The minimum absolute atomic E-state index is 0.0873. The van der Waals surface area contributed by atoms with E-state index in [1.165, 1.54) is 24.3 Å². The van der Waals surface area contributed by atoms with Crippen molar-refractivity contribution in [3.8, 4) is 0 Å². The van der Waals surface area contributed by atoms with E-state index in [-0.39, 0.29) is 22.9 Å². The highest BCUT2D eigenvalue weighted by molar-refractivity contribution is 7.80. The summed E-state index contributed by atoms with van der Waals surface area (Å²) in [5, 5.41) is 24.6. The minimum Gasteiger partial charge on any atom is -0.392 e. The molecule has 0 bridgehead atoms. The van der Waals surface area contributed by atoms with Gasteiger partial charge < -0.3 is 10.4 Å². The molecule has 7 nitrogen and oxygen atoms in total. The van der Waals surface area contributed by atoms with Gasteiger partial charge in [-0.3, -0.25) is 20.2 Å². The molecule has 1 amide bonds. The summed E-state index contributed by atoms with van der Waals surface area (Å²) >= 11 is 4.85. The SMILES string of the molecule is CC(O)CNC(=S)NC(=O)c1ccc([N+](=O)[O-])cc1. The van der Waals surface area contributed by atoms with Crippen molar-refractivity contribution in [3.63, 3.8) is 0 Å². The lowest BCUT2D eigenvalue weighted by Crippen LogP contribution is -2.41. The highest BCUT2D eigenvalue weighted by atomic mass is 32.1. The van der Waals surface area contributed by atoms with Crippen LogP contribution in [0.15, 0.2) is 24.3 Å². The van der Waals surface area contributed by atoms with E-state index in [0.29, 0.717) is 0 Å². The van der Waals surface area contributed by atoms with Crippen LogP contribution in [0.4, 0.5) is 5.69 Å². The van der Waals surface area contributed by atoms with Crippen LogP contribution in [-0.4, -0.2) is 33.7 Å². The molecule has 19 heavy (non-hydrogen) atoms. The fraction of sp³-hybridized carbons (Fsp3) is 0.273. The molecule has 0 aliphatic rings. The van der Waals surface area contributed by atoms with Crippen molar-refractivity contribution in [3.05, 3.63) is 39.9 Å². The molecule has 1 unspecified atom stereocenters. The number of nitrogens with one attached hydrogen (secondary N) is 2. The van der Waals surface area contributed by atoms with Crippen LogP contribution in [0.5, 0.6) is 0 Å². The third-order valence-corrected chi connectivity index (χ3v) is 2.37. The maximum Gasteiger partial charge on any atom is 0.269 e. The van der Waals surface area contributed by atoms with E-state index in [2.05, 4.69) is 10.6 Å². The second kappa shape index (κ2) is 6.76. The summed E-state index contributed by atoms with van der Waals surface area (Å²) in [6.45, 7) is 1.80. The second-order valence-corrected chi connectivity index (χ2v) is 4.23. The Balaban J connectivity index is 2.58. The van der Waals surface area contributed by atoms with Crippen LogP contribution < -0.4 is 10.6 Å². The topological polar surface area (TPSA) is 104 Å². The van der Waals surface area contributed by atoms with Gasteiger partial charge in [-0.2, -0.15) is 0 Å². The number of nitrogens with zero attached hydrogens (tertiary/aromatic N) is 1. The molecule has 8 heteroatoms. The van der Waals surface area contributed by atoms with Crippen LogP contribution in [0.2, 0.25) is 0 Å². The number of rotatable bonds is 4. The van der Waals surface area contributed by atoms with E-state index >= 15 is 0 Å². The molecule has 0 saturated carbocycles. The molecule has 0 spiro atoms. The van der Waals surface area contributed by atoms with Crippen molar-refractivity contribution in [1.82, 2.24) is 10.6 Å². The van der Waals surface area contributed by atoms with Crippen LogP contribution in [-0.2, 0) is 0 Å². The van der Waals surface area contributed by atoms with Crippen LogP contribution >= 0.6 is 12.2 Å². The van der Waals surface area contributed by atoms with E-state index in [0.717, 1.165) is 0 Å². The number of aliphatic hydroxyl groups excluding tert-OH is 1. The number of aliphatic hydroxyl groups is 1. The average Bonchev–Trinajstić information content (AvgIpc) is 2.36.